The van der Waals surface area contributed by atoms with Gasteiger partial charge in [-0.1, -0.05) is 20.8 Å². The Hall–Kier alpha value is -2.41. The van der Waals surface area contributed by atoms with Gasteiger partial charge in [0.1, 0.15) is 18.1 Å². The molecule has 1 aromatic heterocycles. The van der Waals surface area contributed by atoms with Crippen LogP contribution in [-0.2, 0) is 4.79 Å². The molecule has 3 rings (SSSR count). The zero-order valence-electron chi connectivity index (χ0n) is 14.9. The molecule has 1 N–H and O–H groups in total. The average Bonchev–Trinajstić information content (AvgIpc) is 2.60. The smallest absolute Gasteiger partial charge is 0.274 e. The summed E-state index contributed by atoms with van der Waals surface area (Å²) in [6.45, 7) is 6.58. The van der Waals surface area contributed by atoms with E-state index in [4.69, 9.17) is 4.74 Å². The third-order valence-electron chi connectivity index (χ3n) is 3.93. The molecule has 0 saturated heterocycles. The summed E-state index contributed by atoms with van der Waals surface area (Å²) in [5.41, 5.74) is 1.05. The summed E-state index contributed by atoms with van der Waals surface area (Å²) in [6, 6.07) is 8.67. The number of aromatic nitrogens is 1. The number of hydrogen-bond acceptors (Lipinski definition) is 4. The molecule has 0 saturated carbocycles. The minimum atomic E-state index is -0.505. The summed E-state index contributed by atoms with van der Waals surface area (Å²) in [5, 5.41) is 2.82. The lowest BCUT2D eigenvalue weighted by atomic mass is 9.94. The Morgan fingerprint density at radius 3 is 2.65 bits per heavy atom. The molecule has 0 aliphatic carbocycles. The van der Waals surface area contributed by atoms with Gasteiger partial charge in [0.2, 0.25) is 5.91 Å². The van der Waals surface area contributed by atoms with Gasteiger partial charge in [0, 0.05) is 21.8 Å². The number of rotatable bonds is 2. The second kappa shape index (κ2) is 7.07. The van der Waals surface area contributed by atoms with Gasteiger partial charge in [-0.15, -0.1) is 0 Å². The highest BCUT2D eigenvalue weighted by Gasteiger charge is 2.32. The maximum absolute atomic E-state index is 12.7. The molecule has 26 heavy (non-hydrogen) atoms. The van der Waals surface area contributed by atoms with Crippen LogP contribution in [0.2, 0.25) is 0 Å². The number of benzene rings is 1. The summed E-state index contributed by atoms with van der Waals surface area (Å²) < 4.78 is 6.45. The summed E-state index contributed by atoms with van der Waals surface area (Å²) in [6.07, 6.45) is 1.57. The fourth-order valence-corrected chi connectivity index (χ4v) is 2.85. The van der Waals surface area contributed by atoms with Crippen molar-refractivity contribution in [1.82, 2.24) is 4.98 Å². The number of ether oxygens (including phenoxy) is 1. The Morgan fingerprint density at radius 2 is 2.00 bits per heavy atom. The summed E-state index contributed by atoms with van der Waals surface area (Å²) >= 11 is 3.29. The van der Waals surface area contributed by atoms with E-state index in [1.54, 1.807) is 41.4 Å². The lowest BCUT2D eigenvalue weighted by Crippen LogP contribution is -2.44. The molecular formula is C19H20BrN3O3. The molecule has 0 unspecified atom stereocenters. The molecule has 1 aromatic carbocycles. The van der Waals surface area contributed by atoms with E-state index < -0.39 is 5.41 Å². The first-order valence-corrected chi connectivity index (χ1v) is 9.07. The lowest BCUT2D eigenvalue weighted by molar-refractivity contribution is -0.126. The van der Waals surface area contributed by atoms with Crippen LogP contribution in [0.5, 0.6) is 5.75 Å². The number of hydrogen-bond donors (Lipinski definition) is 1. The minimum absolute atomic E-state index is 0.0140. The third-order valence-corrected chi connectivity index (χ3v) is 4.40. The summed E-state index contributed by atoms with van der Waals surface area (Å²) in [7, 11) is 0. The normalized spacial score (nSPS) is 13.6. The second-order valence-electron chi connectivity index (χ2n) is 7.05. The second-order valence-corrected chi connectivity index (χ2v) is 7.97. The number of amides is 2. The van der Waals surface area contributed by atoms with Gasteiger partial charge in [-0.25, -0.2) is 4.98 Å². The molecule has 1 aliphatic heterocycles. The van der Waals surface area contributed by atoms with E-state index in [1.807, 2.05) is 20.8 Å². The van der Waals surface area contributed by atoms with Crippen LogP contribution in [-0.4, -0.2) is 29.9 Å². The number of carbonyl (C=O) groups excluding carboxylic acids is 2. The maximum atomic E-state index is 12.7. The first-order chi connectivity index (χ1) is 12.3. The quantitative estimate of drug-likeness (QED) is 0.804. The van der Waals surface area contributed by atoms with Crippen molar-refractivity contribution in [3.63, 3.8) is 0 Å². The standard InChI is InChI=1S/C19H20BrN3O3/c1-19(2,3)18(25)23-8-9-26-16-7-5-13(10-15(16)23)22-17(24)14-6-4-12(20)11-21-14/h4-7,10-11H,8-9H2,1-3H3,(H,22,24). The van der Waals surface area contributed by atoms with Gasteiger partial charge in [-0.05, 0) is 46.3 Å². The van der Waals surface area contributed by atoms with E-state index in [1.165, 1.54) is 0 Å². The zero-order chi connectivity index (χ0) is 18.9. The van der Waals surface area contributed by atoms with Crippen molar-refractivity contribution in [2.45, 2.75) is 20.8 Å². The molecule has 0 atom stereocenters. The van der Waals surface area contributed by atoms with Gasteiger partial charge in [0.05, 0.1) is 12.2 Å². The van der Waals surface area contributed by atoms with Crippen molar-refractivity contribution >= 4 is 39.1 Å². The molecule has 6 nitrogen and oxygen atoms in total. The molecule has 0 spiro atoms. The molecule has 1 aliphatic rings. The SMILES string of the molecule is CC(C)(C)C(=O)N1CCOc2ccc(NC(=O)c3ccc(Br)cn3)cc21. The molecule has 2 heterocycles. The molecule has 0 radical (unpaired) electrons. The average molecular weight is 418 g/mol. The third kappa shape index (κ3) is 3.88. The fraction of sp³-hybridized carbons (Fsp3) is 0.316. The number of nitrogens with zero attached hydrogens (tertiary/aromatic N) is 2. The van der Waals surface area contributed by atoms with Crippen LogP contribution in [0.1, 0.15) is 31.3 Å². The van der Waals surface area contributed by atoms with Gasteiger partial charge in [0.25, 0.3) is 5.91 Å². The Labute approximate surface area is 160 Å². The van der Waals surface area contributed by atoms with Gasteiger partial charge in [-0.3, -0.25) is 9.59 Å². The molecular weight excluding hydrogens is 398 g/mol. The van der Waals surface area contributed by atoms with Crippen LogP contribution in [0.15, 0.2) is 41.0 Å². The predicted molar refractivity (Wildman–Crippen MR) is 104 cm³/mol. The van der Waals surface area contributed by atoms with Crippen molar-refractivity contribution in [1.29, 1.82) is 0 Å². The highest BCUT2D eigenvalue weighted by molar-refractivity contribution is 9.10. The fourth-order valence-electron chi connectivity index (χ4n) is 2.62. The first kappa shape index (κ1) is 18.4. The van der Waals surface area contributed by atoms with E-state index in [-0.39, 0.29) is 11.8 Å². The van der Waals surface area contributed by atoms with Crippen LogP contribution in [0.25, 0.3) is 0 Å². The van der Waals surface area contributed by atoms with Gasteiger partial charge in [-0.2, -0.15) is 0 Å². The molecule has 2 amide bonds. The van der Waals surface area contributed by atoms with Crippen LogP contribution in [0.3, 0.4) is 0 Å². The molecule has 0 fully saturated rings. The predicted octanol–water partition coefficient (Wildman–Crippen LogP) is 3.87. The van der Waals surface area contributed by atoms with Crippen molar-refractivity contribution in [2.24, 2.45) is 5.41 Å². The molecule has 7 heteroatoms. The van der Waals surface area contributed by atoms with Crippen molar-refractivity contribution < 1.29 is 14.3 Å². The molecule has 136 valence electrons. The monoisotopic (exact) mass is 417 g/mol. The highest BCUT2D eigenvalue weighted by Crippen LogP contribution is 2.36. The molecule has 2 aromatic rings. The Kier molecular flexibility index (Phi) is 5.00. The Balaban J connectivity index is 1.86. The van der Waals surface area contributed by atoms with Gasteiger partial charge in [0.15, 0.2) is 0 Å². The number of anilines is 2. The number of pyridine rings is 1. The van der Waals surface area contributed by atoms with Crippen LogP contribution < -0.4 is 15.0 Å². The van der Waals surface area contributed by atoms with Gasteiger partial charge >= 0.3 is 0 Å². The van der Waals surface area contributed by atoms with E-state index >= 15 is 0 Å². The number of nitrogens with one attached hydrogen (secondary N) is 1. The van der Waals surface area contributed by atoms with E-state index in [0.29, 0.717) is 36.0 Å². The molecule has 0 bridgehead atoms. The topological polar surface area (TPSA) is 71.5 Å². The van der Waals surface area contributed by atoms with Gasteiger partial charge < -0.3 is 15.0 Å². The van der Waals surface area contributed by atoms with Crippen molar-refractivity contribution in [3.8, 4) is 5.75 Å². The largest absolute Gasteiger partial charge is 0.490 e. The van der Waals surface area contributed by atoms with Crippen LogP contribution in [0.4, 0.5) is 11.4 Å². The van der Waals surface area contributed by atoms with Crippen molar-refractivity contribution in [3.05, 3.63) is 46.7 Å². The Bertz CT molecular complexity index is 844. The number of halogens is 1. The van der Waals surface area contributed by atoms with E-state index in [2.05, 4.69) is 26.2 Å². The Morgan fingerprint density at radius 1 is 1.23 bits per heavy atom. The number of fused-ring (bicyclic) bond motifs is 1. The van der Waals surface area contributed by atoms with E-state index in [9.17, 15) is 9.59 Å². The maximum Gasteiger partial charge on any atom is 0.274 e. The highest BCUT2D eigenvalue weighted by atomic mass is 79.9. The minimum Gasteiger partial charge on any atom is -0.490 e. The number of carbonyl (C=O) groups is 2. The zero-order valence-corrected chi connectivity index (χ0v) is 16.5. The van der Waals surface area contributed by atoms with Crippen LogP contribution >= 0.6 is 15.9 Å². The summed E-state index contributed by atoms with van der Waals surface area (Å²) in [4.78, 5) is 30.9. The van der Waals surface area contributed by atoms with E-state index in [0.717, 1.165) is 4.47 Å². The van der Waals surface area contributed by atoms with Crippen LogP contribution in [0, 0.1) is 5.41 Å². The lowest BCUT2D eigenvalue weighted by Gasteiger charge is -2.34. The van der Waals surface area contributed by atoms with Crippen molar-refractivity contribution in [2.75, 3.05) is 23.4 Å². The first-order valence-electron chi connectivity index (χ1n) is 8.27. The summed E-state index contributed by atoms with van der Waals surface area (Å²) in [5.74, 6) is 0.330.